The van der Waals surface area contributed by atoms with Crippen molar-refractivity contribution in [3.8, 4) is 0 Å². The molecule has 2 rings (SSSR count). The van der Waals surface area contributed by atoms with E-state index >= 15 is 0 Å². The molecule has 22 heavy (non-hydrogen) atoms. The molecule has 0 heterocycles. The molecule has 1 amide bonds. The lowest BCUT2D eigenvalue weighted by Gasteiger charge is -2.28. The zero-order chi connectivity index (χ0) is 16.3. The molecule has 0 radical (unpaired) electrons. The van der Waals surface area contributed by atoms with Crippen LogP contribution in [0, 0.1) is 18.8 Å². The van der Waals surface area contributed by atoms with Crippen molar-refractivity contribution in [3.63, 3.8) is 0 Å². The molecule has 1 fully saturated rings. The molecule has 0 spiro atoms. The smallest absolute Gasteiger partial charge is 0.306 e. The van der Waals surface area contributed by atoms with Gasteiger partial charge in [0.15, 0.2) is 0 Å². The van der Waals surface area contributed by atoms with Crippen LogP contribution < -0.4 is 0 Å². The third-order valence-corrected chi connectivity index (χ3v) is 4.79. The summed E-state index contributed by atoms with van der Waals surface area (Å²) in [6.45, 7) is 4.10. The van der Waals surface area contributed by atoms with Gasteiger partial charge in [-0.3, -0.25) is 9.59 Å². The first kappa shape index (κ1) is 16.5. The number of benzene rings is 1. The van der Waals surface area contributed by atoms with E-state index in [4.69, 9.17) is 5.11 Å². The summed E-state index contributed by atoms with van der Waals surface area (Å²) in [4.78, 5) is 25.3. The molecule has 1 saturated carbocycles. The second-order valence-electron chi connectivity index (χ2n) is 6.53. The summed E-state index contributed by atoms with van der Waals surface area (Å²) in [5.74, 6) is -1.17. The first-order valence-corrected chi connectivity index (χ1v) is 7.93. The predicted octanol–water partition coefficient (Wildman–Crippen LogP) is 2.89. The largest absolute Gasteiger partial charge is 0.481 e. The van der Waals surface area contributed by atoms with Gasteiger partial charge in [-0.15, -0.1) is 0 Å². The molecule has 1 aromatic carbocycles. The van der Waals surface area contributed by atoms with E-state index < -0.39 is 5.97 Å². The number of likely N-dealkylation sites (N-methyl/N-ethyl adjacent to an activating group) is 1. The minimum atomic E-state index is -0.773. The Hall–Kier alpha value is -1.84. The van der Waals surface area contributed by atoms with Crippen molar-refractivity contribution in [2.45, 2.75) is 45.6 Å². The molecule has 1 N–H and O–H groups in total. The topological polar surface area (TPSA) is 57.6 Å². The minimum Gasteiger partial charge on any atom is -0.481 e. The average molecular weight is 303 g/mol. The summed E-state index contributed by atoms with van der Waals surface area (Å²) in [5.41, 5.74) is 2.44. The molecule has 0 aliphatic heterocycles. The molecule has 1 unspecified atom stereocenters. The third kappa shape index (κ3) is 3.87. The van der Waals surface area contributed by atoms with Crippen LogP contribution in [0.25, 0.3) is 0 Å². The van der Waals surface area contributed by atoms with Crippen LogP contribution in [0.4, 0.5) is 0 Å². The van der Waals surface area contributed by atoms with Gasteiger partial charge in [-0.05, 0) is 45.1 Å². The minimum absolute atomic E-state index is 0.0864. The fourth-order valence-corrected chi connectivity index (χ4v) is 3.14. The lowest BCUT2D eigenvalue weighted by atomic mass is 10.0. The normalized spacial score (nSPS) is 22.3. The first-order chi connectivity index (χ1) is 10.4. The third-order valence-electron chi connectivity index (χ3n) is 4.79. The van der Waals surface area contributed by atoms with E-state index in [0.717, 1.165) is 6.42 Å². The van der Waals surface area contributed by atoms with Crippen molar-refractivity contribution in [1.29, 1.82) is 0 Å². The Labute approximate surface area is 132 Å². The zero-order valence-electron chi connectivity index (χ0n) is 13.6. The van der Waals surface area contributed by atoms with Crippen molar-refractivity contribution in [2.75, 3.05) is 7.05 Å². The van der Waals surface area contributed by atoms with Gasteiger partial charge in [-0.25, -0.2) is 0 Å². The van der Waals surface area contributed by atoms with Crippen LogP contribution in [-0.2, 0) is 16.0 Å². The SMILES string of the molecule is Cc1ccc(CC(C)N(C)C(=O)[C@@H]2CC[C@H](C(=O)O)C2)cc1. The lowest BCUT2D eigenvalue weighted by molar-refractivity contribution is -0.141. The number of carboxylic acid groups (broad SMARTS) is 1. The van der Waals surface area contributed by atoms with Crippen molar-refractivity contribution in [2.24, 2.45) is 11.8 Å². The van der Waals surface area contributed by atoms with Gasteiger partial charge in [-0.1, -0.05) is 29.8 Å². The Morgan fingerprint density at radius 3 is 2.36 bits per heavy atom. The molecular formula is C18H25NO3. The molecule has 1 aliphatic rings. The number of hydrogen-bond donors (Lipinski definition) is 1. The number of amides is 1. The second kappa shape index (κ2) is 6.95. The van der Waals surface area contributed by atoms with Crippen LogP contribution in [0.2, 0.25) is 0 Å². The Kier molecular flexibility index (Phi) is 5.22. The molecular weight excluding hydrogens is 278 g/mol. The second-order valence-corrected chi connectivity index (χ2v) is 6.53. The number of carboxylic acids is 1. The summed E-state index contributed by atoms with van der Waals surface area (Å²) in [6, 6.07) is 8.47. The number of aryl methyl sites for hydroxylation is 1. The van der Waals surface area contributed by atoms with E-state index in [9.17, 15) is 9.59 Å². The number of aliphatic carboxylic acids is 1. The summed E-state index contributed by atoms with van der Waals surface area (Å²) in [5, 5.41) is 9.05. The van der Waals surface area contributed by atoms with Crippen molar-refractivity contribution in [3.05, 3.63) is 35.4 Å². The fraction of sp³-hybridized carbons (Fsp3) is 0.556. The van der Waals surface area contributed by atoms with Gasteiger partial charge < -0.3 is 10.0 Å². The Morgan fingerprint density at radius 2 is 1.82 bits per heavy atom. The first-order valence-electron chi connectivity index (χ1n) is 7.93. The standard InChI is InChI=1S/C18H25NO3/c1-12-4-6-14(7-5-12)10-13(2)19(3)17(20)15-8-9-16(11-15)18(21)22/h4-7,13,15-16H,8-11H2,1-3H3,(H,21,22)/t13?,15-,16+/m1/s1. The highest BCUT2D eigenvalue weighted by Crippen LogP contribution is 2.32. The van der Waals surface area contributed by atoms with Gasteiger partial charge in [0, 0.05) is 19.0 Å². The summed E-state index contributed by atoms with van der Waals surface area (Å²) in [6.07, 6.45) is 2.61. The molecule has 4 heteroatoms. The molecule has 1 aliphatic carbocycles. The molecule has 3 atom stereocenters. The van der Waals surface area contributed by atoms with Crippen molar-refractivity contribution < 1.29 is 14.7 Å². The van der Waals surface area contributed by atoms with Gasteiger partial charge >= 0.3 is 5.97 Å². The summed E-state index contributed by atoms with van der Waals surface area (Å²) < 4.78 is 0. The molecule has 1 aromatic rings. The van der Waals surface area contributed by atoms with E-state index in [-0.39, 0.29) is 23.8 Å². The zero-order valence-corrected chi connectivity index (χ0v) is 13.6. The van der Waals surface area contributed by atoms with Crippen LogP contribution >= 0.6 is 0 Å². The van der Waals surface area contributed by atoms with E-state index in [1.54, 1.807) is 4.90 Å². The lowest BCUT2D eigenvalue weighted by Crippen LogP contribution is -2.39. The van der Waals surface area contributed by atoms with Gasteiger partial charge in [0.05, 0.1) is 5.92 Å². The highest BCUT2D eigenvalue weighted by molar-refractivity contribution is 5.81. The van der Waals surface area contributed by atoms with Crippen LogP contribution in [0.15, 0.2) is 24.3 Å². The summed E-state index contributed by atoms with van der Waals surface area (Å²) in [7, 11) is 1.83. The van der Waals surface area contributed by atoms with E-state index in [2.05, 4.69) is 31.2 Å². The quantitative estimate of drug-likeness (QED) is 0.910. The van der Waals surface area contributed by atoms with Gasteiger partial charge in [0.1, 0.15) is 0 Å². The van der Waals surface area contributed by atoms with Crippen LogP contribution in [0.3, 0.4) is 0 Å². The van der Waals surface area contributed by atoms with Crippen LogP contribution in [0.5, 0.6) is 0 Å². The van der Waals surface area contributed by atoms with E-state index in [1.807, 2.05) is 14.0 Å². The number of hydrogen-bond acceptors (Lipinski definition) is 2. The predicted molar refractivity (Wildman–Crippen MR) is 85.6 cm³/mol. The van der Waals surface area contributed by atoms with Crippen LogP contribution in [0.1, 0.15) is 37.3 Å². The number of carbonyl (C=O) groups excluding carboxylic acids is 1. The summed E-state index contributed by atoms with van der Waals surface area (Å²) >= 11 is 0. The highest BCUT2D eigenvalue weighted by atomic mass is 16.4. The number of rotatable bonds is 5. The maximum atomic E-state index is 12.5. The molecule has 0 bridgehead atoms. The Balaban J connectivity index is 1.92. The monoisotopic (exact) mass is 303 g/mol. The van der Waals surface area contributed by atoms with Gasteiger partial charge in [0.2, 0.25) is 5.91 Å². The fourth-order valence-electron chi connectivity index (χ4n) is 3.14. The Bertz CT molecular complexity index is 538. The average Bonchev–Trinajstić information content (AvgIpc) is 2.98. The van der Waals surface area contributed by atoms with Crippen LogP contribution in [-0.4, -0.2) is 35.0 Å². The van der Waals surface area contributed by atoms with E-state index in [1.165, 1.54) is 11.1 Å². The maximum Gasteiger partial charge on any atom is 0.306 e. The van der Waals surface area contributed by atoms with Crippen molar-refractivity contribution >= 4 is 11.9 Å². The molecule has 0 aromatic heterocycles. The maximum absolute atomic E-state index is 12.5. The van der Waals surface area contributed by atoms with E-state index in [0.29, 0.717) is 19.3 Å². The highest BCUT2D eigenvalue weighted by Gasteiger charge is 2.35. The molecule has 0 saturated heterocycles. The molecule has 120 valence electrons. The van der Waals surface area contributed by atoms with Gasteiger partial charge in [-0.2, -0.15) is 0 Å². The number of nitrogens with zero attached hydrogens (tertiary/aromatic N) is 1. The van der Waals surface area contributed by atoms with Crippen molar-refractivity contribution in [1.82, 2.24) is 4.90 Å². The molecule has 4 nitrogen and oxygen atoms in total. The number of carbonyl (C=O) groups is 2. The Morgan fingerprint density at radius 1 is 1.23 bits per heavy atom. The van der Waals surface area contributed by atoms with Gasteiger partial charge in [0.25, 0.3) is 0 Å².